The molecular weight excluding hydrogens is 587 g/mol. The van der Waals surface area contributed by atoms with Crippen LogP contribution in [0, 0.1) is 11.3 Å². The molecule has 3 aromatic carbocycles. The molecule has 0 atom stereocenters. The molecule has 7 nitrogen and oxygen atoms in total. The van der Waals surface area contributed by atoms with Gasteiger partial charge in [-0.2, -0.15) is 5.26 Å². The van der Waals surface area contributed by atoms with Crippen LogP contribution in [-0.2, 0) is 19.6 Å². The Balaban J connectivity index is 1.22. The standard InChI is InChI=1S/C35H27N5O2S2/c36-19-25-8-10-26(11-9-25)22-39-24-37-20-30(39)23-40(35(42)28-5-2-1-3-6-28)29-14-12-27(13-15-29)32-16-17-33(44-32)34(41)38-21-31-7-4-18-43-31/h1-18,20,24H,21-23H2,(H,38,41). The topological polar surface area (TPSA) is 91.0 Å². The van der Waals surface area contributed by atoms with E-state index in [9.17, 15) is 9.59 Å². The Morgan fingerprint density at radius 2 is 1.70 bits per heavy atom. The van der Waals surface area contributed by atoms with Crippen molar-refractivity contribution in [3.8, 4) is 16.5 Å². The van der Waals surface area contributed by atoms with E-state index >= 15 is 0 Å². The summed E-state index contributed by atoms with van der Waals surface area (Å²) in [6.45, 7) is 1.39. The van der Waals surface area contributed by atoms with Gasteiger partial charge in [0.05, 0.1) is 41.6 Å². The van der Waals surface area contributed by atoms with Gasteiger partial charge in [-0.05, 0) is 71.1 Å². The Hall–Kier alpha value is -5.30. The smallest absolute Gasteiger partial charge is 0.261 e. The number of rotatable bonds is 10. The largest absolute Gasteiger partial charge is 0.346 e. The van der Waals surface area contributed by atoms with Gasteiger partial charge in [0.15, 0.2) is 0 Å². The number of hydrogen-bond acceptors (Lipinski definition) is 6. The van der Waals surface area contributed by atoms with Crippen molar-refractivity contribution in [3.05, 3.63) is 153 Å². The molecule has 44 heavy (non-hydrogen) atoms. The van der Waals surface area contributed by atoms with E-state index in [2.05, 4.69) is 16.4 Å². The van der Waals surface area contributed by atoms with Gasteiger partial charge in [0.2, 0.25) is 0 Å². The molecule has 0 radical (unpaired) electrons. The second kappa shape index (κ2) is 13.3. The van der Waals surface area contributed by atoms with E-state index in [-0.39, 0.29) is 11.8 Å². The molecular formula is C35H27N5O2S2. The number of aromatic nitrogens is 2. The van der Waals surface area contributed by atoms with E-state index in [1.54, 1.807) is 40.9 Å². The van der Waals surface area contributed by atoms with Gasteiger partial charge in [0.25, 0.3) is 11.8 Å². The lowest BCUT2D eigenvalue weighted by Gasteiger charge is -2.24. The van der Waals surface area contributed by atoms with E-state index in [0.29, 0.717) is 35.6 Å². The zero-order valence-corrected chi connectivity index (χ0v) is 25.2. The monoisotopic (exact) mass is 613 g/mol. The van der Waals surface area contributed by atoms with Gasteiger partial charge < -0.3 is 14.8 Å². The normalized spacial score (nSPS) is 10.7. The van der Waals surface area contributed by atoms with Crippen LogP contribution in [0.4, 0.5) is 5.69 Å². The van der Waals surface area contributed by atoms with Crippen LogP contribution in [0.1, 0.15) is 41.7 Å². The number of hydrogen-bond donors (Lipinski definition) is 1. The van der Waals surface area contributed by atoms with Crippen molar-refractivity contribution in [3.63, 3.8) is 0 Å². The molecule has 3 aromatic heterocycles. The third-order valence-corrected chi connectivity index (χ3v) is 9.13. The summed E-state index contributed by atoms with van der Waals surface area (Å²) in [7, 11) is 0. The number of benzene rings is 3. The van der Waals surface area contributed by atoms with Crippen LogP contribution >= 0.6 is 22.7 Å². The lowest BCUT2D eigenvalue weighted by atomic mass is 10.1. The molecule has 0 aliphatic heterocycles. The fourth-order valence-electron chi connectivity index (χ4n) is 4.77. The molecule has 0 saturated carbocycles. The van der Waals surface area contributed by atoms with E-state index in [4.69, 9.17) is 5.26 Å². The van der Waals surface area contributed by atoms with Crippen molar-refractivity contribution in [2.24, 2.45) is 0 Å². The molecule has 2 amide bonds. The average molecular weight is 614 g/mol. The molecule has 0 spiro atoms. The van der Waals surface area contributed by atoms with Gasteiger partial charge in [-0.1, -0.05) is 48.5 Å². The number of nitrogens with zero attached hydrogens (tertiary/aromatic N) is 4. The first-order chi connectivity index (χ1) is 21.6. The molecule has 0 saturated heterocycles. The zero-order chi connectivity index (χ0) is 30.3. The first-order valence-corrected chi connectivity index (χ1v) is 15.6. The highest BCUT2D eigenvalue weighted by molar-refractivity contribution is 7.17. The molecule has 6 aromatic rings. The van der Waals surface area contributed by atoms with Crippen molar-refractivity contribution in [1.82, 2.24) is 14.9 Å². The number of carbonyl (C=O) groups is 2. The number of amides is 2. The van der Waals surface area contributed by atoms with Crippen LogP contribution in [0.25, 0.3) is 10.4 Å². The van der Waals surface area contributed by atoms with Gasteiger partial charge in [0, 0.05) is 33.7 Å². The van der Waals surface area contributed by atoms with Crippen molar-refractivity contribution < 1.29 is 9.59 Å². The van der Waals surface area contributed by atoms with Crippen LogP contribution in [-0.4, -0.2) is 21.4 Å². The minimum atomic E-state index is -0.120. The fourth-order valence-corrected chi connectivity index (χ4v) is 6.34. The maximum Gasteiger partial charge on any atom is 0.261 e. The highest BCUT2D eigenvalue weighted by Gasteiger charge is 2.20. The highest BCUT2D eigenvalue weighted by atomic mass is 32.1. The van der Waals surface area contributed by atoms with Crippen molar-refractivity contribution in [2.75, 3.05) is 4.90 Å². The number of thiophene rings is 2. The predicted octanol–water partition coefficient (Wildman–Crippen LogP) is 7.37. The fraction of sp³-hybridized carbons (Fsp3) is 0.0857. The molecule has 0 unspecified atom stereocenters. The van der Waals surface area contributed by atoms with Crippen LogP contribution in [0.3, 0.4) is 0 Å². The molecule has 0 aliphatic carbocycles. The minimum absolute atomic E-state index is 0.0940. The molecule has 216 valence electrons. The van der Waals surface area contributed by atoms with Crippen molar-refractivity contribution in [1.29, 1.82) is 5.26 Å². The first kappa shape index (κ1) is 28.8. The van der Waals surface area contributed by atoms with Crippen LogP contribution in [0.2, 0.25) is 0 Å². The van der Waals surface area contributed by atoms with Crippen molar-refractivity contribution >= 4 is 40.2 Å². The van der Waals surface area contributed by atoms with Crippen LogP contribution < -0.4 is 10.2 Å². The summed E-state index contributed by atoms with van der Waals surface area (Å²) in [6.07, 6.45) is 3.53. The highest BCUT2D eigenvalue weighted by Crippen LogP contribution is 2.31. The second-order valence-electron chi connectivity index (χ2n) is 10.1. The summed E-state index contributed by atoms with van der Waals surface area (Å²) in [5.41, 5.74) is 4.82. The molecule has 0 fully saturated rings. The third-order valence-electron chi connectivity index (χ3n) is 7.12. The average Bonchev–Trinajstić information content (AvgIpc) is 3.86. The number of anilines is 1. The number of carbonyl (C=O) groups excluding carboxylic acids is 2. The number of imidazole rings is 1. The Morgan fingerprint density at radius 1 is 0.909 bits per heavy atom. The van der Waals surface area contributed by atoms with Gasteiger partial charge in [-0.25, -0.2) is 4.98 Å². The molecule has 9 heteroatoms. The Labute approximate surface area is 263 Å². The van der Waals surface area contributed by atoms with Crippen molar-refractivity contribution in [2.45, 2.75) is 19.6 Å². The summed E-state index contributed by atoms with van der Waals surface area (Å²) in [5, 5.41) is 14.1. The Morgan fingerprint density at radius 3 is 2.43 bits per heavy atom. The van der Waals surface area contributed by atoms with Gasteiger partial charge in [0.1, 0.15) is 0 Å². The van der Waals surface area contributed by atoms with Crippen LogP contribution in [0.5, 0.6) is 0 Å². The first-order valence-electron chi connectivity index (χ1n) is 13.9. The van der Waals surface area contributed by atoms with Gasteiger partial charge in [-0.15, -0.1) is 22.7 Å². The second-order valence-corrected chi connectivity index (χ2v) is 12.2. The SMILES string of the molecule is N#Cc1ccc(Cn2cncc2CN(C(=O)c2ccccc2)c2ccc(-c3ccc(C(=O)NCc4cccs4)s3)cc2)cc1. The summed E-state index contributed by atoms with van der Waals surface area (Å²) >= 11 is 3.05. The van der Waals surface area contributed by atoms with Crippen LogP contribution in [0.15, 0.2) is 121 Å². The predicted molar refractivity (Wildman–Crippen MR) is 175 cm³/mol. The number of nitrogens with one attached hydrogen (secondary N) is 1. The van der Waals surface area contributed by atoms with E-state index < -0.39 is 0 Å². The number of nitriles is 1. The van der Waals surface area contributed by atoms with E-state index in [1.807, 2.05) is 101 Å². The summed E-state index contributed by atoms with van der Waals surface area (Å²) in [4.78, 5) is 35.4. The molecule has 0 aliphatic rings. The summed E-state index contributed by atoms with van der Waals surface area (Å²) < 4.78 is 2.01. The Bertz CT molecular complexity index is 1900. The Kier molecular flexibility index (Phi) is 8.73. The van der Waals surface area contributed by atoms with E-state index in [1.165, 1.54) is 11.3 Å². The lowest BCUT2D eigenvalue weighted by molar-refractivity contribution is 0.0953. The maximum absolute atomic E-state index is 13.8. The molecule has 6 rings (SSSR count). The van der Waals surface area contributed by atoms with Gasteiger partial charge in [-0.3, -0.25) is 9.59 Å². The van der Waals surface area contributed by atoms with E-state index in [0.717, 1.165) is 32.3 Å². The lowest BCUT2D eigenvalue weighted by Crippen LogP contribution is -2.31. The quantitative estimate of drug-likeness (QED) is 0.175. The van der Waals surface area contributed by atoms with Gasteiger partial charge >= 0.3 is 0 Å². The molecule has 0 bridgehead atoms. The maximum atomic E-state index is 13.8. The summed E-state index contributed by atoms with van der Waals surface area (Å²) in [6, 6.07) is 34.4. The summed E-state index contributed by atoms with van der Waals surface area (Å²) in [5.74, 6) is -0.214. The molecule has 3 heterocycles. The third kappa shape index (κ3) is 6.68. The minimum Gasteiger partial charge on any atom is -0.346 e. The molecule has 1 N–H and O–H groups in total. The zero-order valence-electron chi connectivity index (χ0n) is 23.6.